The molecule has 0 heterocycles. The van der Waals surface area contributed by atoms with E-state index < -0.39 is 17.2 Å². The van der Waals surface area contributed by atoms with Gasteiger partial charge in [-0.1, -0.05) is 6.07 Å². The SMILES string of the molecule is COc1cccc(NC(=S)N/N=C(/C)c2ccc(O)c(O)c2O)c1. The van der Waals surface area contributed by atoms with Crippen molar-refractivity contribution in [2.75, 3.05) is 12.4 Å². The second-order valence-corrected chi connectivity index (χ2v) is 5.23. The Labute approximate surface area is 144 Å². The molecule has 0 saturated heterocycles. The highest BCUT2D eigenvalue weighted by Gasteiger charge is 2.13. The molecule has 0 aliphatic carbocycles. The standard InChI is InChI=1S/C16H17N3O4S/c1-9(12-6-7-13(20)15(22)14(12)21)18-19-16(24)17-10-4-3-5-11(8-10)23-2/h3-8,20-22H,1-2H3,(H2,17,19,24)/b18-9-. The Morgan fingerprint density at radius 3 is 2.58 bits per heavy atom. The van der Waals surface area contributed by atoms with E-state index in [2.05, 4.69) is 15.8 Å². The first-order chi connectivity index (χ1) is 11.4. The average Bonchev–Trinajstić information content (AvgIpc) is 2.58. The summed E-state index contributed by atoms with van der Waals surface area (Å²) in [7, 11) is 1.57. The van der Waals surface area contributed by atoms with Crippen LogP contribution in [0, 0.1) is 0 Å². The number of methoxy groups -OCH3 is 1. The Bertz CT molecular complexity index is 793. The first-order valence-corrected chi connectivity index (χ1v) is 7.32. The fourth-order valence-electron chi connectivity index (χ4n) is 1.92. The number of anilines is 1. The number of nitrogens with zero attached hydrogens (tertiary/aromatic N) is 1. The zero-order valence-corrected chi connectivity index (χ0v) is 13.9. The van der Waals surface area contributed by atoms with Gasteiger partial charge in [-0.2, -0.15) is 5.10 Å². The maximum Gasteiger partial charge on any atom is 0.200 e. The predicted molar refractivity (Wildman–Crippen MR) is 96.0 cm³/mol. The molecule has 8 heteroatoms. The number of ether oxygens (including phenoxy) is 1. The molecule has 0 aliphatic rings. The molecule has 2 aromatic rings. The molecule has 2 rings (SSSR count). The van der Waals surface area contributed by atoms with Crippen LogP contribution >= 0.6 is 12.2 Å². The Balaban J connectivity index is 2.06. The van der Waals surface area contributed by atoms with E-state index in [-0.39, 0.29) is 10.7 Å². The van der Waals surface area contributed by atoms with Crippen molar-refractivity contribution in [2.45, 2.75) is 6.92 Å². The van der Waals surface area contributed by atoms with Crippen molar-refractivity contribution in [1.29, 1.82) is 0 Å². The minimum Gasteiger partial charge on any atom is -0.504 e. The van der Waals surface area contributed by atoms with E-state index in [9.17, 15) is 15.3 Å². The zero-order valence-electron chi connectivity index (χ0n) is 13.1. The molecule has 0 radical (unpaired) electrons. The highest BCUT2D eigenvalue weighted by atomic mass is 32.1. The highest BCUT2D eigenvalue weighted by Crippen LogP contribution is 2.37. The minimum atomic E-state index is -0.598. The molecular weight excluding hydrogens is 330 g/mol. The first-order valence-electron chi connectivity index (χ1n) is 6.92. The number of hydrogen-bond donors (Lipinski definition) is 5. The number of phenolic OH excluding ortho intramolecular Hbond substituents is 3. The molecule has 0 fully saturated rings. The van der Waals surface area contributed by atoms with Crippen LogP contribution < -0.4 is 15.5 Å². The number of hydrazone groups is 1. The van der Waals surface area contributed by atoms with E-state index in [0.29, 0.717) is 11.5 Å². The predicted octanol–water partition coefficient (Wildman–Crippen LogP) is 2.52. The number of hydrogen-bond acceptors (Lipinski definition) is 6. The molecule has 0 unspecified atom stereocenters. The molecule has 0 aliphatic heterocycles. The number of nitrogens with one attached hydrogen (secondary N) is 2. The molecule has 24 heavy (non-hydrogen) atoms. The fraction of sp³-hybridized carbons (Fsp3) is 0.125. The molecule has 0 saturated carbocycles. The van der Waals surface area contributed by atoms with Gasteiger partial charge in [0.05, 0.1) is 12.8 Å². The van der Waals surface area contributed by atoms with Crippen molar-refractivity contribution < 1.29 is 20.1 Å². The summed E-state index contributed by atoms with van der Waals surface area (Å²) in [5.41, 5.74) is 4.01. The second kappa shape index (κ2) is 7.51. The monoisotopic (exact) mass is 347 g/mol. The third kappa shape index (κ3) is 4.05. The van der Waals surface area contributed by atoms with Gasteiger partial charge < -0.3 is 25.4 Å². The Hall–Kier alpha value is -3.00. The Kier molecular flexibility index (Phi) is 5.43. The van der Waals surface area contributed by atoms with Gasteiger partial charge in [-0.3, -0.25) is 5.43 Å². The summed E-state index contributed by atoms with van der Waals surface area (Å²) in [6.07, 6.45) is 0. The van der Waals surface area contributed by atoms with Crippen LogP contribution in [0.4, 0.5) is 5.69 Å². The lowest BCUT2D eigenvalue weighted by Crippen LogP contribution is -2.25. The van der Waals surface area contributed by atoms with Gasteiger partial charge in [-0.25, -0.2) is 0 Å². The van der Waals surface area contributed by atoms with Crippen LogP contribution in [-0.2, 0) is 0 Å². The Morgan fingerprint density at radius 1 is 1.12 bits per heavy atom. The summed E-state index contributed by atoms with van der Waals surface area (Å²) in [5, 5.41) is 35.9. The molecule has 7 nitrogen and oxygen atoms in total. The van der Waals surface area contributed by atoms with Gasteiger partial charge in [0.15, 0.2) is 16.6 Å². The number of phenols is 3. The van der Waals surface area contributed by atoms with Crippen LogP contribution in [0.3, 0.4) is 0 Å². The van der Waals surface area contributed by atoms with Crippen molar-refractivity contribution in [2.24, 2.45) is 5.10 Å². The average molecular weight is 347 g/mol. The van der Waals surface area contributed by atoms with Gasteiger partial charge in [-0.05, 0) is 43.4 Å². The van der Waals surface area contributed by atoms with E-state index >= 15 is 0 Å². The summed E-state index contributed by atoms with van der Waals surface area (Å²) in [4.78, 5) is 0. The molecule has 0 spiro atoms. The quantitative estimate of drug-likeness (QED) is 0.250. The van der Waals surface area contributed by atoms with Crippen LogP contribution in [-0.4, -0.2) is 33.3 Å². The second-order valence-electron chi connectivity index (χ2n) is 4.82. The first kappa shape index (κ1) is 17.4. The van der Waals surface area contributed by atoms with E-state index in [4.69, 9.17) is 17.0 Å². The molecule has 0 bridgehead atoms. The summed E-state index contributed by atoms with van der Waals surface area (Å²) in [5.74, 6) is -0.775. The molecule has 0 atom stereocenters. The van der Waals surface area contributed by atoms with Crippen LogP contribution in [0.1, 0.15) is 12.5 Å². The zero-order chi connectivity index (χ0) is 17.7. The molecule has 5 N–H and O–H groups in total. The summed E-state index contributed by atoms with van der Waals surface area (Å²) < 4.78 is 5.12. The third-order valence-corrected chi connectivity index (χ3v) is 3.37. The molecule has 0 amide bonds. The summed E-state index contributed by atoms with van der Waals surface area (Å²) in [6.45, 7) is 1.62. The van der Waals surface area contributed by atoms with Crippen LogP contribution in [0.5, 0.6) is 23.0 Å². The van der Waals surface area contributed by atoms with E-state index in [0.717, 1.165) is 5.69 Å². The maximum atomic E-state index is 9.83. The lowest BCUT2D eigenvalue weighted by Gasteiger charge is -2.10. The van der Waals surface area contributed by atoms with Crippen molar-refractivity contribution in [3.05, 3.63) is 42.0 Å². The minimum absolute atomic E-state index is 0.241. The maximum absolute atomic E-state index is 9.83. The van der Waals surface area contributed by atoms with Gasteiger partial charge in [-0.15, -0.1) is 0 Å². The summed E-state index contributed by atoms with van der Waals surface area (Å²) in [6, 6.07) is 9.91. The summed E-state index contributed by atoms with van der Waals surface area (Å²) >= 11 is 5.14. The van der Waals surface area contributed by atoms with Crippen molar-refractivity contribution in [3.8, 4) is 23.0 Å². The number of thiocarbonyl (C=S) groups is 1. The molecule has 126 valence electrons. The fourth-order valence-corrected chi connectivity index (χ4v) is 2.08. The van der Waals surface area contributed by atoms with Crippen molar-refractivity contribution in [3.63, 3.8) is 0 Å². The lowest BCUT2D eigenvalue weighted by molar-refractivity contribution is 0.367. The van der Waals surface area contributed by atoms with Gasteiger partial charge in [0, 0.05) is 17.3 Å². The van der Waals surface area contributed by atoms with Gasteiger partial charge in [0.25, 0.3) is 0 Å². The van der Waals surface area contributed by atoms with Crippen molar-refractivity contribution in [1.82, 2.24) is 5.43 Å². The number of rotatable bonds is 4. The lowest BCUT2D eigenvalue weighted by atomic mass is 10.1. The Morgan fingerprint density at radius 2 is 1.88 bits per heavy atom. The van der Waals surface area contributed by atoms with Gasteiger partial charge in [0.1, 0.15) is 5.75 Å². The molecule has 2 aromatic carbocycles. The topological polar surface area (TPSA) is 106 Å². The van der Waals surface area contributed by atoms with Crippen molar-refractivity contribution >= 4 is 28.7 Å². The van der Waals surface area contributed by atoms with Crippen LogP contribution in [0.15, 0.2) is 41.5 Å². The molecular formula is C16H17N3O4S. The van der Waals surface area contributed by atoms with E-state index in [1.165, 1.54) is 12.1 Å². The normalized spacial score (nSPS) is 11.0. The van der Waals surface area contributed by atoms with Gasteiger partial charge >= 0.3 is 0 Å². The van der Waals surface area contributed by atoms with Crippen LogP contribution in [0.25, 0.3) is 0 Å². The van der Waals surface area contributed by atoms with E-state index in [1.54, 1.807) is 20.1 Å². The number of benzene rings is 2. The number of aromatic hydroxyl groups is 3. The van der Waals surface area contributed by atoms with E-state index in [1.807, 2.05) is 18.2 Å². The molecule has 0 aromatic heterocycles. The van der Waals surface area contributed by atoms with Crippen LogP contribution in [0.2, 0.25) is 0 Å². The highest BCUT2D eigenvalue weighted by molar-refractivity contribution is 7.80. The largest absolute Gasteiger partial charge is 0.504 e. The third-order valence-electron chi connectivity index (χ3n) is 3.17. The smallest absolute Gasteiger partial charge is 0.200 e. The van der Waals surface area contributed by atoms with Gasteiger partial charge in [0.2, 0.25) is 5.75 Å².